The van der Waals surface area contributed by atoms with Crippen LogP contribution in [0.25, 0.3) is 0 Å². The fraction of sp³-hybridized carbons (Fsp3) is 0.222. The largest absolute Gasteiger partial charge is 0.379 e. The molecule has 0 saturated heterocycles. The van der Waals surface area contributed by atoms with Gasteiger partial charge in [-0.1, -0.05) is 66.4 Å². The smallest absolute Gasteiger partial charge is 0.224 e. The Labute approximate surface area is 141 Å². The van der Waals surface area contributed by atoms with E-state index in [4.69, 9.17) is 11.1 Å². The molecule has 0 fully saturated rings. The zero-order chi connectivity index (χ0) is 16.5. The first-order chi connectivity index (χ1) is 11.1. The highest BCUT2D eigenvalue weighted by molar-refractivity contribution is 8.13. The summed E-state index contributed by atoms with van der Waals surface area (Å²) in [5.74, 6) is 0.629. The third kappa shape index (κ3) is 6.16. The van der Waals surface area contributed by atoms with Crippen LogP contribution in [0.2, 0.25) is 0 Å². The van der Waals surface area contributed by atoms with E-state index < -0.39 is 0 Å². The fourth-order valence-electron chi connectivity index (χ4n) is 2.25. The Bertz CT molecular complexity index is 658. The number of amidine groups is 1. The van der Waals surface area contributed by atoms with Crippen molar-refractivity contribution in [2.75, 3.05) is 6.54 Å². The summed E-state index contributed by atoms with van der Waals surface area (Å²) in [5.41, 5.74) is 8.63. The van der Waals surface area contributed by atoms with E-state index in [1.807, 2.05) is 42.5 Å². The zero-order valence-corrected chi connectivity index (χ0v) is 13.7. The number of carbonyl (C=O) groups is 1. The van der Waals surface area contributed by atoms with E-state index in [9.17, 15) is 4.79 Å². The van der Waals surface area contributed by atoms with E-state index in [-0.39, 0.29) is 11.1 Å². The molecule has 0 radical (unpaired) electrons. The lowest BCUT2D eigenvalue weighted by molar-refractivity contribution is -0.120. The minimum Gasteiger partial charge on any atom is -0.379 e. The summed E-state index contributed by atoms with van der Waals surface area (Å²) < 4.78 is 0. The molecule has 2 rings (SSSR count). The minimum absolute atomic E-state index is 0.0150. The normalized spacial score (nSPS) is 10.3. The van der Waals surface area contributed by atoms with Crippen LogP contribution in [0.5, 0.6) is 0 Å². The fourth-order valence-corrected chi connectivity index (χ4v) is 2.85. The van der Waals surface area contributed by atoms with Crippen LogP contribution in [-0.2, 0) is 23.4 Å². The Kier molecular flexibility index (Phi) is 6.69. The summed E-state index contributed by atoms with van der Waals surface area (Å²) in [6.07, 6.45) is 1.18. The Morgan fingerprint density at radius 1 is 1.04 bits per heavy atom. The predicted molar refractivity (Wildman–Crippen MR) is 96.5 cm³/mol. The first-order valence-corrected chi connectivity index (χ1v) is 8.48. The molecule has 0 aliphatic carbocycles. The molecule has 2 aromatic rings. The van der Waals surface area contributed by atoms with Crippen molar-refractivity contribution >= 4 is 22.8 Å². The molecule has 0 aliphatic heterocycles. The second kappa shape index (κ2) is 9.00. The Morgan fingerprint density at radius 2 is 1.70 bits per heavy atom. The maximum Gasteiger partial charge on any atom is 0.224 e. The number of amides is 1. The molecule has 0 aromatic heterocycles. The molecule has 0 atom stereocenters. The summed E-state index contributed by atoms with van der Waals surface area (Å²) in [6, 6.07) is 17.9. The molecule has 0 heterocycles. The first-order valence-electron chi connectivity index (χ1n) is 7.49. The third-order valence-corrected chi connectivity index (χ3v) is 4.20. The summed E-state index contributed by atoms with van der Waals surface area (Å²) >= 11 is 1.27. The SMILES string of the molecule is N=C(N)SCc1ccccc1CC(=O)NCCc1ccccc1. The van der Waals surface area contributed by atoms with Gasteiger partial charge in [-0.2, -0.15) is 0 Å². The van der Waals surface area contributed by atoms with Crippen LogP contribution in [0.4, 0.5) is 0 Å². The van der Waals surface area contributed by atoms with Crippen molar-refractivity contribution in [3.05, 3.63) is 71.3 Å². The maximum absolute atomic E-state index is 12.1. The second-order valence-corrected chi connectivity index (χ2v) is 6.20. The van der Waals surface area contributed by atoms with Gasteiger partial charge in [0.25, 0.3) is 0 Å². The van der Waals surface area contributed by atoms with Crippen molar-refractivity contribution in [2.24, 2.45) is 5.73 Å². The summed E-state index contributed by atoms with van der Waals surface area (Å²) in [4.78, 5) is 12.1. The predicted octanol–water partition coefficient (Wildman–Crippen LogP) is 2.71. The molecule has 0 spiro atoms. The molecule has 4 nitrogen and oxygen atoms in total. The number of benzene rings is 2. The Balaban J connectivity index is 1.84. The van der Waals surface area contributed by atoms with E-state index in [0.717, 1.165) is 17.5 Å². The van der Waals surface area contributed by atoms with Gasteiger partial charge in [0.1, 0.15) is 0 Å². The molecule has 23 heavy (non-hydrogen) atoms. The van der Waals surface area contributed by atoms with E-state index in [0.29, 0.717) is 18.7 Å². The molecule has 5 heteroatoms. The van der Waals surface area contributed by atoms with E-state index in [1.165, 1.54) is 17.3 Å². The number of thioether (sulfide) groups is 1. The number of nitrogens with one attached hydrogen (secondary N) is 2. The molecule has 0 bridgehead atoms. The van der Waals surface area contributed by atoms with Crippen LogP contribution in [0.1, 0.15) is 16.7 Å². The van der Waals surface area contributed by atoms with Crippen molar-refractivity contribution < 1.29 is 4.79 Å². The van der Waals surface area contributed by atoms with Crippen molar-refractivity contribution in [2.45, 2.75) is 18.6 Å². The van der Waals surface area contributed by atoms with Crippen molar-refractivity contribution in [3.8, 4) is 0 Å². The summed E-state index contributed by atoms with van der Waals surface area (Å²) in [7, 11) is 0. The van der Waals surface area contributed by atoms with Gasteiger partial charge >= 0.3 is 0 Å². The van der Waals surface area contributed by atoms with Crippen LogP contribution in [0.3, 0.4) is 0 Å². The lowest BCUT2D eigenvalue weighted by atomic mass is 10.1. The van der Waals surface area contributed by atoms with Crippen molar-refractivity contribution in [1.82, 2.24) is 5.32 Å². The number of hydrogen-bond donors (Lipinski definition) is 3. The van der Waals surface area contributed by atoms with Crippen molar-refractivity contribution in [3.63, 3.8) is 0 Å². The number of nitrogens with two attached hydrogens (primary N) is 1. The summed E-state index contributed by atoms with van der Waals surface area (Å²) in [6.45, 7) is 0.632. The zero-order valence-electron chi connectivity index (χ0n) is 12.9. The maximum atomic E-state index is 12.1. The number of rotatable bonds is 7. The topological polar surface area (TPSA) is 79.0 Å². The highest BCUT2D eigenvalue weighted by Crippen LogP contribution is 2.16. The second-order valence-electron chi connectivity index (χ2n) is 5.18. The van der Waals surface area contributed by atoms with Crippen LogP contribution in [0, 0.1) is 5.41 Å². The lowest BCUT2D eigenvalue weighted by Crippen LogP contribution is -2.27. The molecule has 120 valence electrons. The third-order valence-electron chi connectivity index (χ3n) is 3.43. The number of carbonyl (C=O) groups excluding carboxylic acids is 1. The van der Waals surface area contributed by atoms with Crippen LogP contribution in [-0.4, -0.2) is 17.6 Å². The van der Waals surface area contributed by atoms with E-state index in [2.05, 4.69) is 17.4 Å². The average molecular weight is 327 g/mol. The van der Waals surface area contributed by atoms with Gasteiger partial charge in [0.15, 0.2) is 5.17 Å². The summed E-state index contributed by atoms with van der Waals surface area (Å²) in [5, 5.41) is 10.3. The van der Waals surface area contributed by atoms with Gasteiger partial charge in [-0.15, -0.1) is 0 Å². The molecular formula is C18H21N3OS. The van der Waals surface area contributed by atoms with Crippen LogP contribution in [0.15, 0.2) is 54.6 Å². The molecule has 0 unspecified atom stereocenters. The first kappa shape index (κ1) is 17.1. The van der Waals surface area contributed by atoms with E-state index >= 15 is 0 Å². The Hall–Kier alpha value is -2.27. The molecule has 2 aromatic carbocycles. The van der Waals surface area contributed by atoms with E-state index in [1.54, 1.807) is 0 Å². The molecule has 4 N–H and O–H groups in total. The van der Waals surface area contributed by atoms with Gasteiger partial charge in [0, 0.05) is 12.3 Å². The van der Waals surface area contributed by atoms with Crippen LogP contribution < -0.4 is 11.1 Å². The standard InChI is InChI=1S/C18H21N3OS/c19-18(20)23-13-16-9-5-4-8-15(16)12-17(22)21-11-10-14-6-2-1-3-7-14/h1-9H,10-13H2,(H3,19,20)(H,21,22). The highest BCUT2D eigenvalue weighted by atomic mass is 32.2. The van der Waals surface area contributed by atoms with Gasteiger partial charge in [-0.3, -0.25) is 10.2 Å². The quantitative estimate of drug-likeness (QED) is 0.540. The molecule has 1 amide bonds. The van der Waals surface area contributed by atoms with Crippen LogP contribution >= 0.6 is 11.8 Å². The monoisotopic (exact) mass is 327 g/mol. The van der Waals surface area contributed by atoms with Gasteiger partial charge in [-0.05, 0) is 23.1 Å². The number of hydrogen-bond acceptors (Lipinski definition) is 3. The minimum atomic E-state index is 0.0150. The van der Waals surface area contributed by atoms with Crippen molar-refractivity contribution in [1.29, 1.82) is 5.41 Å². The Morgan fingerprint density at radius 3 is 2.39 bits per heavy atom. The molecule has 0 aliphatic rings. The van der Waals surface area contributed by atoms with Gasteiger partial charge in [0.05, 0.1) is 6.42 Å². The molecule has 0 saturated carbocycles. The van der Waals surface area contributed by atoms with Gasteiger partial charge in [-0.25, -0.2) is 0 Å². The highest BCUT2D eigenvalue weighted by Gasteiger charge is 2.08. The molecular weight excluding hydrogens is 306 g/mol. The van der Waals surface area contributed by atoms with Gasteiger partial charge < -0.3 is 11.1 Å². The average Bonchev–Trinajstić information content (AvgIpc) is 2.55. The lowest BCUT2D eigenvalue weighted by Gasteiger charge is -2.10. The van der Waals surface area contributed by atoms with Gasteiger partial charge in [0.2, 0.25) is 5.91 Å².